The lowest BCUT2D eigenvalue weighted by Crippen LogP contribution is -1.97. The summed E-state index contributed by atoms with van der Waals surface area (Å²) in [5.41, 5.74) is 1.46. The maximum absolute atomic E-state index is 3.86. The van der Waals surface area contributed by atoms with Gasteiger partial charge < -0.3 is 0 Å². The quantitative estimate of drug-likeness (QED) is 0.529. The van der Waals surface area contributed by atoms with E-state index in [0.29, 0.717) is 0 Å². The number of H-pyrrole nitrogens is 3. The monoisotopic (exact) mass is 137 g/mol. The van der Waals surface area contributed by atoms with Gasteiger partial charge in [-0.1, -0.05) is 5.21 Å². The van der Waals surface area contributed by atoms with Crippen LogP contribution in [0.5, 0.6) is 0 Å². The highest BCUT2D eigenvalue weighted by molar-refractivity contribution is 5.48. The molecule has 0 amide bonds. The lowest BCUT2D eigenvalue weighted by atomic mass is 10.4. The molecule has 50 valence electrons. The molecule has 2 aromatic rings. The number of nitrogens with one attached hydrogen (secondary N) is 3. The molecule has 0 radical (unpaired) electrons. The lowest BCUT2D eigenvalue weighted by Gasteiger charge is -1.71. The molecule has 0 bridgehead atoms. The van der Waals surface area contributed by atoms with Gasteiger partial charge in [-0.3, -0.25) is 0 Å². The van der Waals surface area contributed by atoms with Crippen LogP contribution in [0.15, 0.2) is 12.4 Å². The van der Waals surface area contributed by atoms with E-state index in [-0.39, 0.29) is 0 Å². The maximum atomic E-state index is 3.86. The van der Waals surface area contributed by atoms with Crippen LogP contribution in [0.1, 0.15) is 0 Å². The van der Waals surface area contributed by atoms with Crippen molar-refractivity contribution < 1.29 is 5.10 Å². The molecular weight excluding hydrogens is 132 g/mol. The fourth-order valence-corrected chi connectivity index (χ4v) is 0.682. The van der Waals surface area contributed by atoms with Crippen LogP contribution in [0, 0.1) is 0 Å². The van der Waals surface area contributed by atoms with Gasteiger partial charge in [0.2, 0.25) is 0 Å². The number of nitrogens with zero attached hydrogens (tertiary/aromatic N) is 3. The number of hydrogen-bond acceptors (Lipinski definition) is 3. The first-order valence-electron chi connectivity index (χ1n) is 2.74. The van der Waals surface area contributed by atoms with Crippen molar-refractivity contribution in [3.05, 3.63) is 12.4 Å². The van der Waals surface area contributed by atoms with Crippen LogP contribution in [0.4, 0.5) is 0 Å². The largest absolute Gasteiger partial charge is 0.270 e. The lowest BCUT2D eigenvalue weighted by molar-refractivity contribution is -0.454. The smallest absolute Gasteiger partial charge is 0.197 e. The first kappa shape index (κ1) is 5.10. The Morgan fingerprint density at radius 1 is 1.30 bits per heavy atom. The zero-order valence-corrected chi connectivity index (χ0v) is 5.00. The highest BCUT2D eigenvalue weighted by Gasteiger charge is 2.08. The van der Waals surface area contributed by atoms with E-state index in [9.17, 15) is 0 Å². The molecule has 0 saturated carbocycles. The van der Waals surface area contributed by atoms with Crippen molar-refractivity contribution in [1.82, 2.24) is 25.7 Å². The molecule has 0 aliphatic carbocycles. The Morgan fingerprint density at radius 3 is 2.90 bits per heavy atom. The van der Waals surface area contributed by atoms with Gasteiger partial charge in [0, 0.05) is 5.10 Å². The van der Waals surface area contributed by atoms with E-state index in [1.54, 1.807) is 12.4 Å². The Labute approximate surface area is 55.7 Å². The number of aromatic nitrogens is 6. The third-order valence-electron chi connectivity index (χ3n) is 1.13. The minimum absolute atomic E-state index is 0.720. The van der Waals surface area contributed by atoms with E-state index in [1.807, 2.05) is 0 Å². The topological polar surface area (TPSA) is 84.4 Å². The second-order valence-electron chi connectivity index (χ2n) is 1.75. The summed E-state index contributed by atoms with van der Waals surface area (Å²) < 4.78 is 0. The van der Waals surface area contributed by atoms with E-state index in [4.69, 9.17) is 0 Å². The molecule has 2 rings (SSSR count). The van der Waals surface area contributed by atoms with Gasteiger partial charge in [-0.25, -0.2) is 0 Å². The predicted octanol–water partition coefficient (Wildman–Crippen LogP) is -0.991. The first-order chi connectivity index (χ1) is 4.97. The Bertz CT molecular complexity index is 249. The summed E-state index contributed by atoms with van der Waals surface area (Å²) in [5.74, 6) is 0. The summed E-state index contributed by atoms with van der Waals surface area (Å²) in [6.45, 7) is 0. The van der Waals surface area contributed by atoms with Gasteiger partial charge >= 0.3 is 0 Å². The zero-order valence-electron chi connectivity index (χ0n) is 5.00. The van der Waals surface area contributed by atoms with E-state index in [0.717, 1.165) is 11.4 Å². The van der Waals surface area contributed by atoms with Crippen LogP contribution in [0.25, 0.3) is 11.4 Å². The summed E-state index contributed by atoms with van der Waals surface area (Å²) in [7, 11) is 0. The van der Waals surface area contributed by atoms with Crippen molar-refractivity contribution in [2.24, 2.45) is 0 Å². The minimum Gasteiger partial charge on any atom is -0.197 e. The van der Waals surface area contributed by atoms with Crippen molar-refractivity contribution in [2.45, 2.75) is 0 Å². The molecule has 0 saturated heterocycles. The Morgan fingerprint density at radius 2 is 2.30 bits per heavy atom. The van der Waals surface area contributed by atoms with Gasteiger partial charge in [0.25, 0.3) is 5.69 Å². The molecule has 10 heavy (non-hydrogen) atoms. The Balaban J connectivity index is 2.48. The molecule has 6 nitrogen and oxygen atoms in total. The molecule has 0 spiro atoms. The van der Waals surface area contributed by atoms with Crippen molar-refractivity contribution in [1.29, 1.82) is 0 Å². The fraction of sp³-hybridized carbons (Fsp3) is 0. The molecule has 6 heteroatoms. The van der Waals surface area contributed by atoms with Crippen LogP contribution < -0.4 is 5.10 Å². The second-order valence-corrected chi connectivity index (χ2v) is 1.75. The third kappa shape index (κ3) is 0.661. The van der Waals surface area contributed by atoms with Gasteiger partial charge in [0.1, 0.15) is 0 Å². The van der Waals surface area contributed by atoms with Crippen LogP contribution >= 0.6 is 0 Å². The minimum atomic E-state index is 0.720. The molecule has 0 aliphatic heterocycles. The van der Waals surface area contributed by atoms with Crippen molar-refractivity contribution >= 4 is 0 Å². The van der Waals surface area contributed by atoms with Crippen LogP contribution in [0.3, 0.4) is 0 Å². The summed E-state index contributed by atoms with van der Waals surface area (Å²) in [5, 5.41) is 19.1. The van der Waals surface area contributed by atoms with Crippen molar-refractivity contribution in [2.75, 3.05) is 0 Å². The molecule has 0 aliphatic rings. The normalized spacial score (nSPS) is 10.0. The zero-order chi connectivity index (χ0) is 6.81. The SMILES string of the molecule is c1n[nH]nc1-c1c[nH+][nH]n1. The van der Waals surface area contributed by atoms with Gasteiger partial charge in [-0.2, -0.15) is 20.5 Å². The van der Waals surface area contributed by atoms with Crippen LogP contribution in [-0.2, 0) is 0 Å². The predicted molar refractivity (Wildman–Crippen MR) is 30.5 cm³/mol. The average molecular weight is 137 g/mol. The Hall–Kier alpha value is -1.72. The third-order valence-corrected chi connectivity index (χ3v) is 1.13. The number of rotatable bonds is 1. The standard InChI is InChI=1S/C4H4N6/c1-3(7-9-5-1)4-2-6-10-8-4/h1-2H,(H,5,7,9)(H,6,8,10)/p+1. The van der Waals surface area contributed by atoms with Gasteiger partial charge in [0.05, 0.1) is 6.20 Å². The highest BCUT2D eigenvalue weighted by atomic mass is 15.4. The van der Waals surface area contributed by atoms with Crippen LogP contribution in [-0.4, -0.2) is 25.7 Å². The molecule has 3 N–H and O–H groups in total. The molecular formula is C4H5N6+. The Kier molecular flexibility index (Phi) is 0.970. The molecule has 0 aromatic carbocycles. The van der Waals surface area contributed by atoms with Crippen molar-refractivity contribution in [3.63, 3.8) is 0 Å². The summed E-state index contributed by atoms with van der Waals surface area (Å²) in [4.78, 5) is 0. The van der Waals surface area contributed by atoms with E-state index < -0.39 is 0 Å². The summed E-state index contributed by atoms with van der Waals surface area (Å²) in [6, 6.07) is 0. The molecule has 0 atom stereocenters. The van der Waals surface area contributed by atoms with E-state index >= 15 is 0 Å². The van der Waals surface area contributed by atoms with Gasteiger partial charge in [-0.05, 0) is 0 Å². The molecule has 0 fully saturated rings. The van der Waals surface area contributed by atoms with Crippen molar-refractivity contribution in [3.8, 4) is 11.4 Å². The van der Waals surface area contributed by atoms with Gasteiger partial charge in [0.15, 0.2) is 11.9 Å². The summed E-state index contributed by atoms with van der Waals surface area (Å²) >= 11 is 0. The number of aromatic amines is 3. The van der Waals surface area contributed by atoms with Gasteiger partial charge in [-0.15, -0.1) is 0 Å². The van der Waals surface area contributed by atoms with E-state index in [2.05, 4.69) is 30.8 Å². The number of hydrogen-bond donors (Lipinski definition) is 2. The maximum Gasteiger partial charge on any atom is 0.270 e. The molecule has 2 heterocycles. The highest BCUT2D eigenvalue weighted by Crippen LogP contribution is 2.05. The first-order valence-corrected chi connectivity index (χ1v) is 2.74. The molecule has 0 unspecified atom stereocenters. The average Bonchev–Trinajstić information content (AvgIpc) is 2.59. The fourth-order valence-electron chi connectivity index (χ4n) is 0.682. The van der Waals surface area contributed by atoms with Crippen LogP contribution in [0.2, 0.25) is 0 Å². The van der Waals surface area contributed by atoms with E-state index in [1.165, 1.54) is 0 Å². The second kappa shape index (κ2) is 1.90. The molecule has 2 aromatic heterocycles. The summed E-state index contributed by atoms with van der Waals surface area (Å²) in [6.07, 6.45) is 3.31.